The third kappa shape index (κ3) is 5.51. The van der Waals surface area contributed by atoms with Gasteiger partial charge in [0.15, 0.2) is 5.54 Å². The first-order valence-electron chi connectivity index (χ1n) is 11.1. The van der Waals surface area contributed by atoms with Crippen LogP contribution >= 0.6 is 0 Å². The van der Waals surface area contributed by atoms with Gasteiger partial charge >= 0.3 is 12.1 Å². The molecule has 174 valence electrons. The van der Waals surface area contributed by atoms with Crippen LogP contribution in [-0.4, -0.2) is 23.9 Å². The molecule has 1 N–H and O–H groups in total. The van der Waals surface area contributed by atoms with Crippen molar-refractivity contribution in [2.75, 3.05) is 0 Å². The maximum absolute atomic E-state index is 13.2. The first-order valence-corrected chi connectivity index (χ1v) is 11.1. The smallest absolute Gasteiger partial charge is 0.408 e. The number of nitrogens with one attached hydrogen (secondary N) is 1. The molecule has 6 nitrogen and oxygen atoms in total. The average molecular weight is 449 g/mol. The minimum atomic E-state index is -1.44. The molecule has 1 unspecified atom stereocenters. The van der Waals surface area contributed by atoms with E-state index in [0.29, 0.717) is 5.56 Å². The van der Waals surface area contributed by atoms with E-state index in [4.69, 9.17) is 9.47 Å². The van der Waals surface area contributed by atoms with Gasteiger partial charge in [-0.05, 0) is 61.4 Å². The van der Waals surface area contributed by atoms with Crippen molar-refractivity contribution in [3.8, 4) is 0 Å². The molecule has 0 fully saturated rings. The lowest BCUT2D eigenvalue weighted by Gasteiger charge is -2.34. The first kappa shape index (κ1) is 24.2. The molecule has 1 aliphatic heterocycles. The maximum Gasteiger partial charge on any atom is 0.408 e. The monoisotopic (exact) mass is 448 g/mol. The molecule has 0 saturated carbocycles. The Labute approximate surface area is 195 Å². The third-order valence-electron chi connectivity index (χ3n) is 5.74. The molecule has 0 aromatic heterocycles. The lowest BCUT2D eigenvalue weighted by Crippen LogP contribution is -2.51. The van der Waals surface area contributed by atoms with Gasteiger partial charge in [-0.3, -0.25) is 4.99 Å². The molecule has 6 heteroatoms. The molecule has 1 atom stereocenters. The molecule has 0 aliphatic carbocycles. The lowest BCUT2D eigenvalue weighted by atomic mass is 9.75. The molecule has 0 saturated heterocycles. The highest BCUT2D eigenvalue weighted by Gasteiger charge is 2.41. The Morgan fingerprint density at radius 1 is 1.21 bits per heavy atom. The van der Waals surface area contributed by atoms with Crippen LogP contribution in [0.1, 0.15) is 57.7 Å². The van der Waals surface area contributed by atoms with Gasteiger partial charge in [0.1, 0.15) is 6.61 Å². The van der Waals surface area contributed by atoms with Gasteiger partial charge in [-0.2, -0.15) is 0 Å². The molecular formula is C27H32N2O4. The fourth-order valence-electron chi connectivity index (χ4n) is 3.88. The molecule has 2 aromatic carbocycles. The number of esters is 1. The Balaban J connectivity index is 1.93. The molecular weight excluding hydrogens is 416 g/mol. The third-order valence-corrected chi connectivity index (χ3v) is 5.74. The number of amides is 1. The van der Waals surface area contributed by atoms with E-state index in [1.54, 1.807) is 32.9 Å². The van der Waals surface area contributed by atoms with Gasteiger partial charge in [-0.15, -0.1) is 0 Å². The van der Waals surface area contributed by atoms with Crippen molar-refractivity contribution < 1.29 is 19.1 Å². The van der Waals surface area contributed by atoms with Crippen molar-refractivity contribution in [2.24, 2.45) is 4.99 Å². The maximum atomic E-state index is 13.2. The quantitative estimate of drug-likeness (QED) is 0.550. The number of benzene rings is 2. The zero-order valence-electron chi connectivity index (χ0n) is 20.0. The molecule has 0 bridgehead atoms. The van der Waals surface area contributed by atoms with Crippen molar-refractivity contribution in [2.45, 2.75) is 64.7 Å². The van der Waals surface area contributed by atoms with Crippen molar-refractivity contribution >= 4 is 23.5 Å². The standard InChI is InChI=1S/C27H32N2O4/c1-7-21-16-26(4,5)22-15-20(13-14-23(22)28-21)27(6,24(30)33-18(2)3)29-25(31)32-17-19-11-9-8-10-12-19/h7-15,18H,1,16-17H2,2-6H3,(H,29,31). The summed E-state index contributed by atoms with van der Waals surface area (Å²) in [7, 11) is 0. The molecule has 0 radical (unpaired) electrons. The van der Waals surface area contributed by atoms with E-state index in [9.17, 15) is 9.59 Å². The number of carbonyl (C=O) groups is 2. The summed E-state index contributed by atoms with van der Waals surface area (Å²) in [4.78, 5) is 30.6. The molecule has 1 aliphatic rings. The summed E-state index contributed by atoms with van der Waals surface area (Å²) >= 11 is 0. The molecule has 33 heavy (non-hydrogen) atoms. The number of hydrogen-bond donors (Lipinski definition) is 1. The molecule has 3 rings (SSSR count). The number of hydrogen-bond acceptors (Lipinski definition) is 5. The number of nitrogens with zero attached hydrogens (tertiary/aromatic N) is 1. The largest absolute Gasteiger partial charge is 0.461 e. The highest BCUT2D eigenvalue weighted by molar-refractivity contribution is 5.99. The van der Waals surface area contributed by atoms with Crippen LogP contribution in [0.25, 0.3) is 0 Å². The number of allylic oxidation sites excluding steroid dienone is 1. The van der Waals surface area contributed by atoms with E-state index in [2.05, 4.69) is 30.7 Å². The van der Waals surface area contributed by atoms with E-state index in [1.165, 1.54) is 0 Å². The minimum Gasteiger partial charge on any atom is -0.461 e. The van der Waals surface area contributed by atoms with Gasteiger partial charge in [0.2, 0.25) is 0 Å². The average Bonchev–Trinajstić information content (AvgIpc) is 2.77. The van der Waals surface area contributed by atoms with E-state index < -0.39 is 17.6 Å². The summed E-state index contributed by atoms with van der Waals surface area (Å²) in [6.45, 7) is 13.4. The van der Waals surface area contributed by atoms with Crippen LogP contribution in [-0.2, 0) is 31.8 Å². The summed E-state index contributed by atoms with van der Waals surface area (Å²) in [5, 5.41) is 2.75. The predicted molar refractivity (Wildman–Crippen MR) is 130 cm³/mol. The van der Waals surface area contributed by atoms with Crippen molar-refractivity contribution in [1.82, 2.24) is 5.32 Å². The van der Waals surface area contributed by atoms with Gasteiger partial charge in [-0.1, -0.05) is 62.9 Å². The predicted octanol–water partition coefficient (Wildman–Crippen LogP) is 5.72. The van der Waals surface area contributed by atoms with Crippen molar-refractivity contribution in [3.63, 3.8) is 0 Å². The van der Waals surface area contributed by atoms with Crippen LogP contribution in [0.2, 0.25) is 0 Å². The number of ether oxygens (including phenoxy) is 2. The number of carbonyl (C=O) groups excluding carboxylic acids is 2. The molecule has 2 aromatic rings. The summed E-state index contributed by atoms with van der Waals surface area (Å²) in [6, 6.07) is 15.0. The second kappa shape index (κ2) is 9.61. The van der Waals surface area contributed by atoms with Crippen LogP contribution in [0.5, 0.6) is 0 Å². The van der Waals surface area contributed by atoms with E-state index in [1.807, 2.05) is 42.5 Å². The van der Waals surface area contributed by atoms with Crippen molar-refractivity contribution in [1.29, 1.82) is 0 Å². The Bertz CT molecular complexity index is 1070. The van der Waals surface area contributed by atoms with Crippen molar-refractivity contribution in [3.05, 3.63) is 77.9 Å². The van der Waals surface area contributed by atoms with Gasteiger partial charge < -0.3 is 14.8 Å². The second-order valence-corrected chi connectivity index (χ2v) is 9.37. The Hall–Kier alpha value is -3.41. The Morgan fingerprint density at radius 3 is 2.55 bits per heavy atom. The number of rotatable bonds is 7. The summed E-state index contributed by atoms with van der Waals surface area (Å²) in [6.07, 6.45) is 1.46. The number of aliphatic imine (C=N–C) groups is 1. The highest BCUT2D eigenvalue weighted by Crippen LogP contribution is 2.41. The van der Waals surface area contributed by atoms with Crippen LogP contribution in [0.15, 0.2) is 66.2 Å². The van der Waals surface area contributed by atoms with Crippen LogP contribution in [0.3, 0.4) is 0 Å². The summed E-state index contributed by atoms with van der Waals surface area (Å²) in [5.74, 6) is -0.557. The molecule has 1 amide bonds. The second-order valence-electron chi connectivity index (χ2n) is 9.37. The van der Waals surface area contributed by atoms with Gasteiger partial charge in [0.25, 0.3) is 0 Å². The van der Waals surface area contributed by atoms with E-state index >= 15 is 0 Å². The van der Waals surface area contributed by atoms with Crippen LogP contribution < -0.4 is 5.32 Å². The first-order chi connectivity index (χ1) is 15.5. The topological polar surface area (TPSA) is 77.0 Å². The lowest BCUT2D eigenvalue weighted by molar-refractivity contribution is -0.155. The van der Waals surface area contributed by atoms with Crippen LogP contribution in [0.4, 0.5) is 10.5 Å². The highest BCUT2D eigenvalue weighted by atomic mass is 16.6. The van der Waals surface area contributed by atoms with Gasteiger partial charge in [0, 0.05) is 5.71 Å². The fourth-order valence-corrected chi connectivity index (χ4v) is 3.88. The normalized spacial score (nSPS) is 16.1. The van der Waals surface area contributed by atoms with Gasteiger partial charge in [-0.25, -0.2) is 9.59 Å². The Morgan fingerprint density at radius 2 is 1.91 bits per heavy atom. The van der Waals surface area contributed by atoms with E-state index in [0.717, 1.165) is 28.9 Å². The summed E-state index contributed by atoms with van der Waals surface area (Å²) < 4.78 is 10.9. The number of alkyl carbamates (subject to hydrolysis) is 1. The minimum absolute atomic E-state index is 0.0955. The molecule has 0 spiro atoms. The SMILES string of the molecule is C=CC1=Nc2ccc(C(C)(NC(=O)OCc3ccccc3)C(=O)OC(C)C)cc2C(C)(C)C1. The summed E-state index contributed by atoms with van der Waals surface area (Å²) in [5.41, 5.74) is 2.55. The zero-order valence-corrected chi connectivity index (χ0v) is 20.0. The zero-order chi connectivity index (χ0) is 24.2. The van der Waals surface area contributed by atoms with Gasteiger partial charge in [0.05, 0.1) is 11.8 Å². The van der Waals surface area contributed by atoms with Crippen LogP contribution in [0, 0.1) is 0 Å². The Kier molecular flexibility index (Phi) is 7.06. The van der Waals surface area contributed by atoms with E-state index in [-0.39, 0.29) is 18.1 Å². The molecule has 1 heterocycles. The fraction of sp³-hybridized carbons (Fsp3) is 0.370. The number of fused-ring (bicyclic) bond motifs is 1.